The Balaban J connectivity index is 2.30. The summed E-state index contributed by atoms with van der Waals surface area (Å²) in [5.74, 6) is -1.18. The number of halogens is 4. The maximum absolute atomic E-state index is 13.2. The van der Waals surface area contributed by atoms with Crippen LogP contribution < -0.4 is 0 Å². The molecule has 0 saturated heterocycles. The van der Waals surface area contributed by atoms with Crippen LogP contribution >= 0.6 is 0 Å². The minimum atomic E-state index is -4.80. The highest BCUT2D eigenvalue weighted by molar-refractivity contribution is 5.98. The highest BCUT2D eigenvalue weighted by atomic mass is 19.4. The molecule has 1 atom stereocenters. The Morgan fingerprint density at radius 1 is 1.35 bits per heavy atom. The van der Waals surface area contributed by atoms with Gasteiger partial charge in [0.1, 0.15) is 5.82 Å². The number of likely N-dealkylation sites (N-methyl/N-ethyl adjacent to an activating group) is 1. The number of hydrogen-bond donors (Lipinski definition) is 1. The molecule has 2 aromatic rings. The van der Waals surface area contributed by atoms with Crippen molar-refractivity contribution in [1.29, 1.82) is 0 Å². The number of hydrogen-bond acceptors (Lipinski definition) is 3. The first-order valence-corrected chi connectivity index (χ1v) is 6.66. The molecule has 8 heteroatoms. The van der Waals surface area contributed by atoms with Gasteiger partial charge >= 0.3 is 6.18 Å². The third-order valence-corrected chi connectivity index (χ3v) is 3.37. The van der Waals surface area contributed by atoms with Crippen molar-refractivity contribution >= 4 is 16.8 Å². The second kappa shape index (κ2) is 6.11. The Labute approximate surface area is 129 Å². The lowest BCUT2D eigenvalue weighted by atomic mass is 10.1. The average Bonchev–Trinajstić information content (AvgIpc) is 2.44. The van der Waals surface area contributed by atoms with E-state index in [2.05, 4.69) is 4.98 Å². The number of nitrogens with zero attached hydrogens (tertiary/aromatic N) is 2. The molecule has 4 nitrogen and oxygen atoms in total. The van der Waals surface area contributed by atoms with E-state index in [1.54, 1.807) is 0 Å². The van der Waals surface area contributed by atoms with Gasteiger partial charge in [-0.15, -0.1) is 0 Å². The molecule has 0 radical (unpaired) electrons. The van der Waals surface area contributed by atoms with Crippen LogP contribution in [0.15, 0.2) is 24.3 Å². The summed E-state index contributed by atoms with van der Waals surface area (Å²) in [5, 5.41) is 9.54. The fourth-order valence-corrected chi connectivity index (χ4v) is 2.10. The zero-order valence-corrected chi connectivity index (χ0v) is 12.4. The van der Waals surface area contributed by atoms with Crippen molar-refractivity contribution < 1.29 is 27.5 Å². The van der Waals surface area contributed by atoms with E-state index in [4.69, 9.17) is 5.11 Å². The van der Waals surface area contributed by atoms with E-state index in [-0.39, 0.29) is 11.3 Å². The number of benzene rings is 1. The van der Waals surface area contributed by atoms with Gasteiger partial charge < -0.3 is 10.0 Å². The molecule has 1 N–H and O–H groups in total. The second-order valence-corrected chi connectivity index (χ2v) is 5.20. The van der Waals surface area contributed by atoms with E-state index < -0.39 is 30.5 Å². The lowest BCUT2D eigenvalue weighted by Crippen LogP contribution is -2.42. The van der Waals surface area contributed by atoms with Crippen LogP contribution in [0.5, 0.6) is 0 Å². The number of rotatable bonds is 3. The molecule has 1 aromatic heterocycles. The van der Waals surface area contributed by atoms with E-state index >= 15 is 0 Å². The van der Waals surface area contributed by atoms with Crippen LogP contribution in [0.2, 0.25) is 0 Å². The van der Waals surface area contributed by atoms with Crippen molar-refractivity contribution in [3.8, 4) is 0 Å². The third kappa shape index (κ3) is 3.76. The molecule has 1 unspecified atom stereocenters. The van der Waals surface area contributed by atoms with Crippen LogP contribution in [-0.2, 0) is 0 Å². The third-order valence-electron chi connectivity index (χ3n) is 3.37. The Bertz CT molecular complexity index is 746. The number of aryl methyl sites for hydroxylation is 1. The summed E-state index contributed by atoms with van der Waals surface area (Å²) in [7, 11) is 1.16. The molecule has 23 heavy (non-hydrogen) atoms. The highest BCUT2D eigenvalue weighted by Gasteiger charge is 2.39. The van der Waals surface area contributed by atoms with Gasteiger partial charge in [-0.25, -0.2) is 4.39 Å². The number of pyridine rings is 1. The van der Waals surface area contributed by atoms with Crippen molar-refractivity contribution in [2.45, 2.75) is 19.2 Å². The van der Waals surface area contributed by atoms with Crippen LogP contribution in [-0.4, -0.2) is 46.8 Å². The molecule has 0 saturated carbocycles. The minimum absolute atomic E-state index is 0.0981. The van der Waals surface area contributed by atoms with E-state index in [1.165, 1.54) is 31.2 Å². The number of carbonyl (C=O) groups excluding carboxylic acids is 1. The molecule has 0 bridgehead atoms. The van der Waals surface area contributed by atoms with Gasteiger partial charge in [0.2, 0.25) is 0 Å². The van der Waals surface area contributed by atoms with Gasteiger partial charge in [-0.3, -0.25) is 9.78 Å². The Morgan fingerprint density at radius 3 is 2.61 bits per heavy atom. The van der Waals surface area contributed by atoms with Gasteiger partial charge in [0.25, 0.3) is 5.91 Å². The van der Waals surface area contributed by atoms with Crippen LogP contribution in [0.4, 0.5) is 17.6 Å². The molecular weight excluding hydrogens is 316 g/mol. The summed E-state index contributed by atoms with van der Waals surface area (Å²) in [6, 6.07) is 5.27. The van der Waals surface area contributed by atoms with E-state index in [1.807, 2.05) is 0 Å². The number of alkyl halides is 3. The van der Waals surface area contributed by atoms with Crippen LogP contribution in [0.1, 0.15) is 16.1 Å². The van der Waals surface area contributed by atoms with Crippen LogP contribution in [0.25, 0.3) is 10.9 Å². The predicted octanol–water partition coefficient (Wildman–Crippen LogP) is 2.68. The molecule has 2 rings (SSSR count). The first kappa shape index (κ1) is 17.1. The van der Waals surface area contributed by atoms with Crippen molar-refractivity contribution in [3.63, 3.8) is 0 Å². The number of aromatic nitrogens is 1. The first-order valence-electron chi connectivity index (χ1n) is 6.66. The van der Waals surface area contributed by atoms with Gasteiger partial charge in [-0.05, 0) is 25.1 Å². The molecular formula is C15H14F4N2O2. The smallest absolute Gasteiger partial charge is 0.382 e. The second-order valence-electron chi connectivity index (χ2n) is 5.20. The summed E-state index contributed by atoms with van der Waals surface area (Å²) in [5.41, 5.74) is 0.708. The first-order chi connectivity index (χ1) is 10.6. The van der Waals surface area contributed by atoms with Gasteiger partial charge in [-0.2, -0.15) is 13.2 Å². The van der Waals surface area contributed by atoms with E-state index in [9.17, 15) is 22.4 Å². The van der Waals surface area contributed by atoms with Gasteiger partial charge in [0.05, 0.1) is 23.3 Å². The zero-order chi connectivity index (χ0) is 17.4. The molecule has 0 aliphatic heterocycles. The normalized spacial score (nSPS) is 13.2. The summed E-state index contributed by atoms with van der Waals surface area (Å²) >= 11 is 0. The van der Waals surface area contributed by atoms with Crippen LogP contribution in [0.3, 0.4) is 0 Å². The maximum Gasteiger partial charge on any atom is 0.416 e. The molecule has 124 valence electrons. The van der Waals surface area contributed by atoms with Crippen LogP contribution in [0, 0.1) is 12.7 Å². The van der Waals surface area contributed by atoms with Gasteiger partial charge in [-0.1, -0.05) is 0 Å². The monoisotopic (exact) mass is 330 g/mol. The van der Waals surface area contributed by atoms with Crippen molar-refractivity contribution in [2.75, 3.05) is 13.6 Å². The number of carbonyl (C=O) groups is 1. The molecule has 0 spiro atoms. The van der Waals surface area contributed by atoms with Gasteiger partial charge in [0.15, 0.2) is 6.10 Å². The summed E-state index contributed by atoms with van der Waals surface area (Å²) in [4.78, 5) is 17.1. The number of aliphatic hydroxyl groups excluding tert-OH is 1. The highest BCUT2D eigenvalue weighted by Crippen LogP contribution is 2.22. The van der Waals surface area contributed by atoms with Gasteiger partial charge in [0, 0.05) is 18.5 Å². The molecule has 1 heterocycles. The van der Waals surface area contributed by atoms with Crippen molar-refractivity contribution in [1.82, 2.24) is 9.88 Å². The molecule has 0 aliphatic rings. The fourth-order valence-electron chi connectivity index (χ4n) is 2.10. The van der Waals surface area contributed by atoms with Crippen molar-refractivity contribution in [3.05, 3.63) is 41.3 Å². The molecule has 1 aromatic carbocycles. The fraction of sp³-hybridized carbons (Fsp3) is 0.333. The Kier molecular flexibility index (Phi) is 4.56. The number of fused-ring (bicyclic) bond motifs is 1. The number of aliphatic hydroxyl groups is 1. The standard InChI is InChI=1S/C15H14F4N2O2/c1-8-11(5-9-3-4-10(16)6-12(9)20-8)14(23)21(2)7-13(22)15(17,18)19/h3-6,13,22H,7H2,1-2H3. The van der Waals surface area contributed by atoms with Crippen molar-refractivity contribution in [2.24, 2.45) is 0 Å². The average molecular weight is 330 g/mol. The van der Waals surface area contributed by atoms with E-state index in [0.717, 1.165) is 11.9 Å². The maximum atomic E-state index is 13.2. The predicted molar refractivity (Wildman–Crippen MR) is 75.5 cm³/mol. The largest absolute Gasteiger partial charge is 0.416 e. The lowest BCUT2D eigenvalue weighted by Gasteiger charge is -2.23. The number of amides is 1. The summed E-state index contributed by atoms with van der Waals surface area (Å²) in [6.07, 6.45) is -7.43. The SMILES string of the molecule is Cc1nc2cc(F)ccc2cc1C(=O)N(C)CC(O)C(F)(F)F. The quantitative estimate of drug-likeness (QED) is 0.881. The lowest BCUT2D eigenvalue weighted by molar-refractivity contribution is -0.205. The topological polar surface area (TPSA) is 53.4 Å². The molecule has 1 amide bonds. The summed E-state index contributed by atoms with van der Waals surface area (Å²) in [6.45, 7) is 0.620. The van der Waals surface area contributed by atoms with E-state index in [0.29, 0.717) is 10.9 Å². The zero-order valence-electron chi connectivity index (χ0n) is 12.4. The molecule has 0 fully saturated rings. The Hall–Kier alpha value is -2.22. The molecule has 0 aliphatic carbocycles. The minimum Gasteiger partial charge on any atom is -0.382 e. The summed E-state index contributed by atoms with van der Waals surface area (Å²) < 4.78 is 50.3. The Morgan fingerprint density at radius 2 is 2.00 bits per heavy atom.